The first-order valence-electron chi connectivity index (χ1n) is 11.0. The van der Waals surface area contributed by atoms with Crippen LogP contribution < -0.4 is 15.8 Å². The number of rotatable bonds is 3. The minimum Gasteiger partial charge on any atom is -0.384 e. The summed E-state index contributed by atoms with van der Waals surface area (Å²) in [6.07, 6.45) is 1.85. The van der Waals surface area contributed by atoms with Crippen molar-refractivity contribution in [3.63, 3.8) is 0 Å². The minimum absolute atomic E-state index is 0.0400. The number of aryl methyl sites for hydroxylation is 1. The molecule has 0 atom stereocenters. The largest absolute Gasteiger partial charge is 0.384 e. The number of nitriles is 1. The molecule has 158 valence electrons. The fourth-order valence-corrected chi connectivity index (χ4v) is 4.89. The predicted molar refractivity (Wildman–Crippen MR) is 125 cm³/mol. The number of aromatic nitrogens is 1. The predicted octanol–water partition coefficient (Wildman–Crippen LogP) is 3.39. The average molecular weight is 414 g/mol. The minimum atomic E-state index is 0.0400. The number of piperazine rings is 1. The molecule has 2 aliphatic rings. The molecule has 0 bridgehead atoms. The summed E-state index contributed by atoms with van der Waals surface area (Å²) in [4.78, 5) is 20.5. The van der Waals surface area contributed by atoms with Gasteiger partial charge in [0.15, 0.2) is 0 Å². The third-order valence-corrected chi connectivity index (χ3v) is 6.53. The van der Waals surface area contributed by atoms with Crippen LogP contribution in [0.4, 0.5) is 11.4 Å². The van der Waals surface area contributed by atoms with Crippen molar-refractivity contribution in [2.75, 3.05) is 42.9 Å². The number of nitrogens with zero attached hydrogens (tertiary/aromatic N) is 3. The number of benzene rings is 2. The summed E-state index contributed by atoms with van der Waals surface area (Å²) < 4.78 is 0. The highest BCUT2D eigenvalue weighted by Gasteiger charge is 2.20. The molecule has 0 unspecified atom stereocenters. The van der Waals surface area contributed by atoms with Crippen molar-refractivity contribution in [2.45, 2.75) is 26.3 Å². The molecule has 0 aliphatic carbocycles. The summed E-state index contributed by atoms with van der Waals surface area (Å²) in [5, 5.41) is 13.6. The molecule has 1 saturated heterocycles. The summed E-state index contributed by atoms with van der Waals surface area (Å²) in [6, 6.07) is 14.6. The molecule has 1 fully saturated rings. The van der Waals surface area contributed by atoms with Crippen LogP contribution in [0.25, 0.3) is 10.9 Å². The van der Waals surface area contributed by atoms with E-state index in [9.17, 15) is 4.79 Å². The zero-order valence-electron chi connectivity index (χ0n) is 17.9. The number of fused-ring (bicyclic) bond motifs is 3. The van der Waals surface area contributed by atoms with E-state index in [4.69, 9.17) is 5.26 Å². The van der Waals surface area contributed by atoms with E-state index < -0.39 is 0 Å². The number of H-pyrrole nitrogens is 1. The zero-order valence-corrected chi connectivity index (χ0v) is 17.9. The normalized spacial score (nSPS) is 16.6. The maximum atomic E-state index is 12.5. The third kappa shape index (κ3) is 3.77. The molecular weight excluding hydrogens is 386 g/mol. The van der Waals surface area contributed by atoms with Crippen LogP contribution in [0, 0.1) is 18.3 Å². The molecule has 2 aromatic carbocycles. The van der Waals surface area contributed by atoms with Gasteiger partial charge >= 0.3 is 0 Å². The Morgan fingerprint density at radius 2 is 1.94 bits per heavy atom. The molecule has 31 heavy (non-hydrogen) atoms. The van der Waals surface area contributed by atoms with Crippen molar-refractivity contribution >= 4 is 22.3 Å². The molecule has 3 aromatic rings. The van der Waals surface area contributed by atoms with Gasteiger partial charge in [-0.05, 0) is 55.2 Å². The molecule has 0 amide bonds. The quantitative estimate of drug-likeness (QED) is 0.688. The zero-order chi connectivity index (χ0) is 21.4. The van der Waals surface area contributed by atoms with Gasteiger partial charge < -0.3 is 15.2 Å². The molecule has 2 N–H and O–H groups in total. The molecule has 6 nitrogen and oxygen atoms in total. The van der Waals surface area contributed by atoms with Crippen molar-refractivity contribution in [3.05, 3.63) is 69.0 Å². The van der Waals surface area contributed by atoms with Crippen molar-refractivity contribution < 1.29 is 0 Å². The summed E-state index contributed by atoms with van der Waals surface area (Å²) >= 11 is 0. The van der Waals surface area contributed by atoms with Gasteiger partial charge in [-0.25, -0.2) is 0 Å². The lowest BCUT2D eigenvalue weighted by atomic mass is 10.0. The molecular formula is C25H27N5O. The highest BCUT2D eigenvalue weighted by molar-refractivity contribution is 5.93. The first-order chi connectivity index (χ1) is 15.1. The first kappa shape index (κ1) is 19.7. The standard InChI is InChI=1S/C25H27N5O/c1-17-13-18(15-26)5-7-23(17)30-11-9-29(10-12-30)16-19-4-6-20-22(14-19)28-25(31)21-3-2-8-27-24(20)21/h4-7,13-14,27H,2-3,8-12,16H2,1H3,(H,28,31). The lowest BCUT2D eigenvalue weighted by molar-refractivity contribution is 0.250. The van der Waals surface area contributed by atoms with Gasteiger partial charge in [0.1, 0.15) is 0 Å². The second kappa shape index (κ2) is 8.09. The van der Waals surface area contributed by atoms with Gasteiger partial charge in [-0.3, -0.25) is 9.69 Å². The van der Waals surface area contributed by atoms with Crippen molar-refractivity contribution in [3.8, 4) is 6.07 Å². The average Bonchev–Trinajstić information content (AvgIpc) is 2.80. The smallest absolute Gasteiger partial charge is 0.253 e. The molecule has 5 rings (SSSR count). The second-order valence-electron chi connectivity index (χ2n) is 8.59. The summed E-state index contributed by atoms with van der Waals surface area (Å²) in [5.41, 5.74) is 7.18. The summed E-state index contributed by atoms with van der Waals surface area (Å²) in [7, 11) is 0. The Bertz CT molecular complexity index is 1230. The Hall–Kier alpha value is -3.30. The number of nitrogens with one attached hydrogen (secondary N) is 2. The van der Waals surface area contributed by atoms with Gasteiger partial charge in [0.25, 0.3) is 5.56 Å². The Balaban J connectivity index is 1.29. The SMILES string of the molecule is Cc1cc(C#N)ccc1N1CCN(Cc2ccc3c4c(c(=O)[nH]c3c2)CCCN4)CC1. The Morgan fingerprint density at radius 3 is 2.71 bits per heavy atom. The molecule has 6 heteroatoms. The number of hydrogen-bond donors (Lipinski definition) is 2. The van der Waals surface area contributed by atoms with E-state index >= 15 is 0 Å². The maximum Gasteiger partial charge on any atom is 0.253 e. The number of anilines is 2. The van der Waals surface area contributed by atoms with Crippen molar-refractivity contribution in [1.82, 2.24) is 9.88 Å². The van der Waals surface area contributed by atoms with Gasteiger partial charge in [0, 0.05) is 55.9 Å². The van der Waals surface area contributed by atoms with E-state index in [-0.39, 0.29) is 5.56 Å². The van der Waals surface area contributed by atoms with Crippen LogP contribution in [0.5, 0.6) is 0 Å². The van der Waals surface area contributed by atoms with Crippen LogP contribution in [0.1, 0.15) is 28.7 Å². The number of pyridine rings is 1. The van der Waals surface area contributed by atoms with Crippen LogP contribution in [0.15, 0.2) is 41.2 Å². The Morgan fingerprint density at radius 1 is 1.10 bits per heavy atom. The fraction of sp³-hybridized carbons (Fsp3) is 0.360. The second-order valence-corrected chi connectivity index (χ2v) is 8.59. The van der Waals surface area contributed by atoms with Crippen LogP contribution in [-0.2, 0) is 13.0 Å². The lowest BCUT2D eigenvalue weighted by Gasteiger charge is -2.37. The molecule has 1 aromatic heterocycles. The summed E-state index contributed by atoms with van der Waals surface area (Å²) in [5.74, 6) is 0. The van der Waals surface area contributed by atoms with Crippen LogP contribution in [-0.4, -0.2) is 42.6 Å². The van der Waals surface area contributed by atoms with Gasteiger partial charge in [0.2, 0.25) is 0 Å². The van der Waals surface area contributed by atoms with Crippen LogP contribution >= 0.6 is 0 Å². The lowest BCUT2D eigenvalue weighted by Crippen LogP contribution is -2.46. The van der Waals surface area contributed by atoms with Gasteiger partial charge in [-0.2, -0.15) is 5.26 Å². The molecule has 0 spiro atoms. The molecule has 0 radical (unpaired) electrons. The topological polar surface area (TPSA) is 75.2 Å². The number of aromatic amines is 1. The third-order valence-electron chi connectivity index (χ3n) is 6.53. The van der Waals surface area contributed by atoms with Gasteiger partial charge in [-0.15, -0.1) is 0 Å². The fourth-order valence-electron chi connectivity index (χ4n) is 4.89. The van der Waals surface area contributed by atoms with E-state index in [1.54, 1.807) is 0 Å². The number of hydrogen-bond acceptors (Lipinski definition) is 5. The van der Waals surface area contributed by atoms with Crippen molar-refractivity contribution in [1.29, 1.82) is 5.26 Å². The van der Waals surface area contributed by atoms with Crippen molar-refractivity contribution in [2.24, 2.45) is 0 Å². The molecule has 3 heterocycles. The molecule has 0 saturated carbocycles. The van der Waals surface area contributed by atoms with E-state index in [0.717, 1.165) is 79.8 Å². The van der Waals surface area contributed by atoms with Crippen LogP contribution in [0.3, 0.4) is 0 Å². The monoisotopic (exact) mass is 413 g/mol. The highest BCUT2D eigenvalue weighted by atomic mass is 16.1. The van der Waals surface area contributed by atoms with Crippen LogP contribution in [0.2, 0.25) is 0 Å². The van der Waals surface area contributed by atoms with E-state index in [2.05, 4.69) is 57.4 Å². The maximum absolute atomic E-state index is 12.5. The summed E-state index contributed by atoms with van der Waals surface area (Å²) in [6.45, 7) is 7.79. The van der Waals surface area contributed by atoms with Gasteiger partial charge in [0.05, 0.1) is 22.8 Å². The van der Waals surface area contributed by atoms with E-state index in [1.807, 2.05) is 12.1 Å². The van der Waals surface area contributed by atoms with E-state index in [0.29, 0.717) is 5.56 Å². The van der Waals surface area contributed by atoms with Gasteiger partial charge in [-0.1, -0.05) is 12.1 Å². The Kier molecular flexibility index (Phi) is 5.13. The Labute approximate surface area is 182 Å². The highest BCUT2D eigenvalue weighted by Crippen LogP contribution is 2.28. The van der Waals surface area contributed by atoms with E-state index in [1.165, 1.54) is 11.3 Å². The first-order valence-corrected chi connectivity index (χ1v) is 11.0. The molecule has 2 aliphatic heterocycles.